The molecule has 0 radical (unpaired) electrons. The first-order valence-corrected chi connectivity index (χ1v) is 6.85. The first-order valence-electron chi connectivity index (χ1n) is 6.85. The highest BCUT2D eigenvalue weighted by Crippen LogP contribution is 2.29. The second-order valence-corrected chi connectivity index (χ2v) is 5.02. The molecule has 0 unspecified atom stereocenters. The van der Waals surface area contributed by atoms with Crippen molar-refractivity contribution in [2.24, 2.45) is 0 Å². The van der Waals surface area contributed by atoms with Gasteiger partial charge in [-0.15, -0.1) is 0 Å². The van der Waals surface area contributed by atoms with Crippen LogP contribution in [-0.4, -0.2) is 10.9 Å². The Bertz CT molecular complexity index is 778. The Morgan fingerprint density at radius 2 is 2.05 bits per heavy atom. The lowest BCUT2D eigenvalue weighted by Gasteiger charge is -2.12. The second-order valence-electron chi connectivity index (χ2n) is 5.02. The van der Waals surface area contributed by atoms with Crippen molar-refractivity contribution in [2.45, 2.75) is 19.9 Å². The molecule has 0 spiro atoms. The molecule has 106 valence electrons. The highest BCUT2D eigenvalue weighted by atomic mass is 16.3. The van der Waals surface area contributed by atoms with Gasteiger partial charge in [0.2, 0.25) is 0 Å². The van der Waals surface area contributed by atoms with Crippen molar-refractivity contribution < 1.29 is 9.21 Å². The quantitative estimate of drug-likeness (QED) is 0.797. The fourth-order valence-electron chi connectivity index (χ4n) is 2.45. The third-order valence-corrected chi connectivity index (χ3v) is 3.55. The Balaban J connectivity index is 1.86. The first-order chi connectivity index (χ1) is 10.2. The van der Waals surface area contributed by atoms with Crippen LogP contribution in [0.2, 0.25) is 0 Å². The van der Waals surface area contributed by atoms with Crippen molar-refractivity contribution in [2.75, 3.05) is 0 Å². The number of hydrogen-bond donors (Lipinski definition) is 1. The summed E-state index contributed by atoms with van der Waals surface area (Å²) in [5.74, 6) is 0.629. The number of nitrogens with one attached hydrogen (secondary N) is 1. The van der Waals surface area contributed by atoms with Gasteiger partial charge in [-0.25, -0.2) is 0 Å². The predicted octanol–water partition coefficient (Wildman–Crippen LogP) is 3.63. The van der Waals surface area contributed by atoms with E-state index in [0.717, 1.165) is 22.3 Å². The lowest BCUT2D eigenvalue weighted by molar-refractivity contribution is 0.0935. The zero-order chi connectivity index (χ0) is 14.8. The van der Waals surface area contributed by atoms with Crippen LogP contribution in [0.15, 0.2) is 53.2 Å². The number of carbonyl (C=O) groups is 1. The number of pyridine rings is 1. The standard InChI is InChI=1S/C17H16N2O2/c1-11-14-7-3-4-8-15(14)21-16(11)12(2)19-17(20)13-6-5-9-18-10-13/h3-10,12H,1-2H3,(H,19,20)/t12-/m0/s1. The molecule has 0 aliphatic heterocycles. The van der Waals surface area contributed by atoms with Crippen LogP contribution in [0.1, 0.15) is 34.6 Å². The molecule has 0 bridgehead atoms. The average Bonchev–Trinajstić information content (AvgIpc) is 2.86. The second kappa shape index (κ2) is 5.40. The van der Waals surface area contributed by atoms with E-state index in [1.165, 1.54) is 0 Å². The number of hydrogen-bond acceptors (Lipinski definition) is 3. The smallest absolute Gasteiger partial charge is 0.253 e. The largest absolute Gasteiger partial charge is 0.459 e. The van der Waals surface area contributed by atoms with Gasteiger partial charge in [-0.2, -0.15) is 0 Å². The van der Waals surface area contributed by atoms with E-state index in [1.54, 1.807) is 24.5 Å². The van der Waals surface area contributed by atoms with E-state index in [4.69, 9.17) is 4.42 Å². The SMILES string of the molecule is Cc1c([C@H](C)NC(=O)c2cccnc2)oc2ccccc12. The zero-order valence-corrected chi connectivity index (χ0v) is 12.0. The molecule has 2 heterocycles. The maximum atomic E-state index is 12.2. The van der Waals surface area contributed by atoms with Crippen molar-refractivity contribution in [3.8, 4) is 0 Å². The van der Waals surface area contributed by atoms with Crippen molar-refractivity contribution in [1.82, 2.24) is 10.3 Å². The summed E-state index contributed by atoms with van der Waals surface area (Å²) in [6.07, 6.45) is 3.19. The molecule has 3 rings (SSSR count). The Kier molecular flexibility index (Phi) is 3.44. The summed E-state index contributed by atoms with van der Waals surface area (Å²) in [5.41, 5.74) is 2.44. The number of carbonyl (C=O) groups excluding carboxylic acids is 1. The Morgan fingerprint density at radius 3 is 2.76 bits per heavy atom. The minimum Gasteiger partial charge on any atom is -0.459 e. The number of aromatic nitrogens is 1. The van der Waals surface area contributed by atoms with E-state index in [-0.39, 0.29) is 11.9 Å². The molecule has 1 amide bonds. The molecule has 1 atom stereocenters. The lowest BCUT2D eigenvalue weighted by atomic mass is 10.1. The van der Waals surface area contributed by atoms with Crippen molar-refractivity contribution >= 4 is 16.9 Å². The van der Waals surface area contributed by atoms with Gasteiger partial charge in [0.1, 0.15) is 11.3 Å². The van der Waals surface area contributed by atoms with Crippen LogP contribution in [0.3, 0.4) is 0 Å². The van der Waals surface area contributed by atoms with Gasteiger partial charge in [-0.05, 0) is 32.0 Å². The van der Waals surface area contributed by atoms with Gasteiger partial charge in [-0.1, -0.05) is 18.2 Å². The van der Waals surface area contributed by atoms with Crippen LogP contribution in [0.5, 0.6) is 0 Å². The summed E-state index contributed by atoms with van der Waals surface area (Å²) in [7, 11) is 0. The number of para-hydroxylation sites is 1. The Labute approximate surface area is 122 Å². The normalized spacial score (nSPS) is 12.3. The molecule has 0 fully saturated rings. The molecule has 21 heavy (non-hydrogen) atoms. The van der Waals surface area contributed by atoms with Gasteiger partial charge in [0.05, 0.1) is 11.6 Å². The molecule has 2 aromatic heterocycles. The summed E-state index contributed by atoms with van der Waals surface area (Å²) in [6, 6.07) is 11.1. The third kappa shape index (κ3) is 2.52. The number of nitrogens with zero attached hydrogens (tertiary/aromatic N) is 1. The maximum absolute atomic E-state index is 12.2. The van der Waals surface area contributed by atoms with Gasteiger partial charge in [0.15, 0.2) is 0 Å². The van der Waals surface area contributed by atoms with Gasteiger partial charge < -0.3 is 9.73 Å². The van der Waals surface area contributed by atoms with E-state index in [0.29, 0.717) is 5.56 Å². The Morgan fingerprint density at radius 1 is 1.24 bits per heavy atom. The lowest BCUT2D eigenvalue weighted by Crippen LogP contribution is -2.26. The summed E-state index contributed by atoms with van der Waals surface area (Å²) in [4.78, 5) is 16.1. The minimum absolute atomic E-state index is 0.157. The van der Waals surface area contributed by atoms with Gasteiger partial charge in [0, 0.05) is 23.3 Å². The third-order valence-electron chi connectivity index (χ3n) is 3.55. The number of benzene rings is 1. The van der Waals surface area contributed by atoms with Crippen molar-refractivity contribution in [3.05, 3.63) is 65.7 Å². The molecule has 0 saturated carbocycles. The van der Waals surface area contributed by atoms with E-state index in [9.17, 15) is 4.79 Å². The highest BCUT2D eigenvalue weighted by molar-refractivity contribution is 5.94. The molecular formula is C17H16N2O2. The fourth-order valence-corrected chi connectivity index (χ4v) is 2.45. The molecule has 1 aromatic carbocycles. The van der Waals surface area contributed by atoms with E-state index < -0.39 is 0 Å². The van der Waals surface area contributed by atoms with Crippen LogP contribution in [0, 0.1) is 6.92 Å². The number of fused-ring (bicyclic) bond motifs is 1. The van der Waals surface area contributed by atoms with Crippen LogP contribution >= 0.6 is 0 Å². The number of aryl methyl sites for hydroxylation is 1. The summed E-state index contributed by atoms with van der Waals surface area (Å²) >= 11 is 0. The van der Waals surface area contributed by atoms with E-state index >= 15 is 0 Å². The minimum atomic E-state index is -0.204. The molecular weight excluding hydrogens is 264 g/mol. The fraction of sp³-hybridized carbons (Fsp3) is 0.176. The van der Waals surface area contributed by atoms with Crippen molar-refractivity contribution in [1.29, 1.82) is 0 Å². The van der Waals surface area contributed by atoms with Crippen molar-refractivity contribution in [3.63, 3.8) is 0 Å². The summed E-state index contributed by atoms with van der Waals surface area (Å²) in [5, 5.41) is 4.02. The molecule has 0 saturated heterocycles. The molecule has 4 nitrogen and oxygen atoms in total. The molecule has 3 aromatic rings. The first kappa shape index (κ1) is 13.4. The molecule has 0 aliphatic rings. The van der Waals surface area contributed by atoms with Crippen LogP contribution in [0.4, 0.5) is 0 Å². The zero-order valence-electron chi connectivity index (χ0n) is 12.0. The number of rotatable bonds is 3. The predicted molar refractivity (Wildman–Crippen MR) is 81.1 cm³/mol. The monoisotopic (exact) mass is 280 g/mol. The Hall–Kier alpha value is -2.62. The van der Waals surface area contributed by atoms with E-state index in [2.05, 4.69) is 10.3 Å². The van der Waals surface area contributed by atoms with Crippen LogP contribution < -0.4 is 5.32 Å². The van der Waals surface area contributed by atoms with Crippen LogP contribution in [-0.2, 0) is 0 Å². The number of furan rings is 1. The molecule has 0 aliphatic carbocycles. The van der Waals surface area contributed by atoms with E-state index in [1.807, 2.05) is 38.1 Å². The average molecular weight is 280 g/mol. The maximum Gasteiger partial charge on any atom is 0.253 e. The van der Waals surface area contributed by atoms with Gasteiger partial charge >= 0.3 is 0 Å². The topological polar surface area (TPSA) is 55.1 Å². The number of amides is 1. The van der Waals surface area contributed by atoms with Gasteiger partial charge in [-0.3, -0.25) is 9.78 Å². The summed E-state index contributed by atoms with van der Waals surface area (Å²) in [6.45, 7) is 3.92. The molecule has 1 N–H and O–H groups in total. The summed E-state index contributed by atoms with van der Waals surface area (Å²) < 4.78 is 5.87. The van der Waals surface area contributed by atoms with Crippen LogP contribution in [0.25, 0.3) is 11.0 Å². The highest BCUT2D eigenvalue weighted by Gasteiger charge is 2.18. The van der Waals surface area contributed by atoms with Gasteiger partial charge in [0.25, 0.3) is 5.91 Å². The molecule has 4 heteroatoms.